The van der Waals surface area contributed by atoms with Gasteiger partial charge in [-0.2, -0.15) is 0 Å². The summed E-state index contributed by atoms with van der Waals surface area (Å²) < 4.78 is 0. The van der Waals surface area contributed by atoms with Crippen LogP contribution in [0.2, 0.25) is 0 Å². The van der Waals surface area contributed by atoms with E-state index in [0.29, 0.717) is 18.4 Å². The number of hydrogen-bond donors (Lipinski definition) is 3. The van der Waals surface area contributed by atoms with E-state index in [9.17, 15) is 9.59 Å². The Morgan fingerprint density at radius 2 is 2.10 bits per heavy atom. The van der Waals surface area contributed by atoms with Gasteiger partial charge in [0, 0.05) is 25.6 Å². The lowest BCUT2D eigenvalue weighted by molar-refractivity contribution is -0.121. The molecule has 0 unspecified atom stereocenters. The Morgan fingerprint density at radius 3 is 2.70 bits per heavy atom. The third-order valence-corrected chi connectivity index (χ3v) is 2.82. The molecule has 108 valence electrons. The Balaban J connectivity index is 1.71. The number of hydrogen-bond acceptors (Lipinski definition) is 5. The van der Waals surface area contributed by atoms with E-state index >= 15 is 0 Å². The zero-order valence-electron chi connectivity index (χ0n) is 11.5. The average molecular weight is 277 g/mol. The largest absolute Gasteiger partial charge is 0.369 e. The van der Waals surface area contributed by atoms with Crippen LogP contribution in [0.1, 0.15) is 36.7 Å². The molecule has 0 radical (unpaired) electrons. The Morgan fingerprint density at radius 1 is 1.30 bits per heavy atom. The zero-order valence-corrected chi connectivity index (χ0v) is 11.5. The standard InChI is InChI=1S/C13H19N5O2/c1-2-14-11-8-16-10(7-17-11)13(20)15-6-5-12(19)18-9-3-4-9/h7-9H,2-6H2,1H3,(H,14,17)(H,15,20)(H,18,19). The maximum Gasteiger partial charge on any atom is 0.271 e. The molecule has 0 spiro atoms. The molecule has 2 rings (SSSR count). The number of amides is 2. The molecule has 2 amide bonds. The molecule has 0 atom stereocenters. The van der Waals surface area contributed by atoms with Crippen molar-refractivity contribution in [2.75, 3.05) is 18.4 Å². The number of carbonyl (C=O) groups is 2. The van der Waals surface area contributed by atoms with Gasteiger partial charge in [0.25, 0.3) is 5.91 Å². The minimum absolute atomic E-state index is 0.0265. The van der Waals surface area contributed by atoms with E-state index in [1.807, 2.05) is 6.92 Å². The smallest absolute Gasteiger partial charge is 0.271 e. The van der Waals surface area contributed by atoms with E-state index in [1.165, 1.54) is 12.4 Å². The summed E-state index contributed by atoms with van der Waals surface area (Å²) in [6.45, 7) is 3.00. The number of aromatic nitrogens is 2. The Kier molecular flexibility index (Phi) is 4.86. The monoisotopic (exact) mass is 277 g/mol. The minimum atomic E-state index is -0.320. The normalized spacial score (nSPS) is 13.7. The summed E-state index contributed by atoms with van der Waals surface area (Å²) in [4.78, 5) is 31.3. The third kappa shape index (κ3) is 4.49. The highest BCUT2D eigenvalue weighted by Gasteiger charge is 2.22. The SMILES string of the molecule is CCNc1cnc(C(=O)NCCC(=O)NC2CC2)cn1. The molecule has 0 aromatic carbocycles. The average Bonchev–Trinajstić information content (AvgIpc) is 3.23. The van der Waals surface area contributed by atoms with E-state index in [4.69, 9.17) is 0 Å². The molecule has 0 saturated heterocycles. The van der Waals surface area contributed by atoms with Crippen LogP contribution >= 0.6 is 0 Å². The van der Waals surface area contributed by atoms with Crippen LogP contribution in [-0.4, -0.2) is 40.9 Å². The second-order valence-corrected chi connectivity index (χ2v) is 4.66. The molecule has 20 heavy (non-hydrogen) atoms. The number of nitrogens with one attached hydrogen (secondary N) is 3. The van der Waals surface area contributed by atoms with Crippen LogP contribution in [0, 0.1) is 0 Å². The highest BCUT2D eigenvalue weighted by Crippen LogP contribution is 2.18. The quantitative estimate of drug-likeness (QED) is 0.666. The molecule has 0 bridgehead atoms. The first-order chi connectivity index (χ1) is 9.69. The van der Waals surface area contributed by atoms with Gasteiger partial charge in [-0.1, -0.05) is 0 Å². The number of nitrogens with zero attached hydrogens (tertiary/aromatic N) is 2. The van der Waals surface area contributed by atoms with Crippen molar-refractivity contribution in [1.82, 2.24) is 20.6 Å². The molecule has 7 heteroatoms. The van der Waals surface area contributed by atoms with Gasteiger partial charge in [0.1, 0.15) is 11.5 Å². The molecule has 1 aliphatic rings. The maximum absolute atomic E-state index is 11.8. The molecule has 1 saturated carbocycles. The van der Waals surface area contributed by atoms with Gasteiger partial charge >= 0.3 is 0 Å². The molecule has 1 heterocycles. The van der Waals surface area contributed by atoms with Crippen molar-refractivity contribution in [2.24, 2.45) is 0 Å². The van der Waals surface area contributed by atoms with E-state index in [-0.39, 0.29) is 23.9 Å². The van der Waals surface area contributed by atoms with Crippen molar-refractivity contribution in [3.63, 3.8) is 0 Å². The summed E-state index contributed by atoms with van der Waals surface area (Å²) in [5.41, 5.74) is 0.245. The predicted molar refractivity (Wildman–Crippen MR) is 74.3 cm³/mol. The molecule has 1 fully saturated rings. The fourth-order valence-electron chi connectivity index (χ4n) is 1.63. The third-order valence-electron chi connectivity index (χ3n) is 2.82. The summed E-state index contributed by atoms with van der Waals surface area (Å²) in [6, 6.07) is 0.350. The van der Waals surface area contributed by atoms with Gasteiger partial charge < -0.3 is 16.0 Å². The van der Waals surface area contributed by atoms with Gasteiger partial charge in [-0.3, -0.25) is 9.59 Å². The highest BCUT2D eigenvalue weighted by molar-refractivity contribution is 5.92. The Bertz CT molecular complexity index is 470. The van der Waals surface area contributed by atoms with Crippen LogP contribution in [0.5, 0.6) is 0 Å². The van der Waals surface area contributed by atoms with Crippen molar-refractivity contribution in [2.45, 2.75) is 32.2 Å². The summed E-state index contributed by atoms with van der Waals surface area (Å²) in [6.07, 6.45) is 5.33. The molecule has 1 aliphatic carbocycles. The van der Waals surface area contributed by atoms with Crippen molar-refractivity contribution in [3.05, 3.63) is 18.1 Å². The summed E-state index contributed by atoms with van der Waals surface area (Å²) in [7, 11) is 0. The van der Waals surface area contributed by atoms with Crippen LogP contribution in [0.25, 0.3) is 0 Å². The zero-order chi connectivity index (χ0) is 14.4. The number of carbonyl (C=O) groups excluding carboxylic acids is 2. The van der Waals surface area contributed by atoms with Crippen LogP contribution in [0.15, 0.2) is 12.4 Å². The summed E-state index contributed by atoms with van der Waals surface area (Å²) >= 11 is 0. The number of anilines is 1. The van der Waals surface area contributed by atoms with E-state index in [1.54, 1.807) is 0 Å². The summed E-state index contributed by atoms with van der Waals surface area (Å²) in [5, 5.41) is 8.51. The van der Waals surface area contributed by atoms with Crippen molar-refractivity contribution in [3.8, 4) is 0 Å². The van der Waals surface area contributed by atoms with E-state index in [2.05, 4.69) is 25.9 Å². The van der Waals surface area contributed by atoms with Crippen LogP contribution in [0.4, 0.5) is 5.82 Å². The van der Waals surface area contributed by atoms with E-state index in [0.717, 1.165) is 19.4 Å². The fraction of sp³-hybridized carbons (Fsp3) is 0.538. The molecular formula is C13H19N5O2. The molecule has 3 N–H and O–H groups in total. The second kappa shape index (κ2) is 6.83. The van der Waals surface area contributed by atoms with Crippen molar-refractivity contribution in [1.29, 1.82) is 0 Å². The first-order valence-electron chi connectivity index (χ1n) is 6.82. The van der Waals surface area contributed by atoms with E-state index < -0.39 is 0 Å². The van der Waals surface area contributed by atoms with Gasteiger partial charge in [-0.05, 0) is 19.8 Å². The van der Waals surface area contributed by atoms with Crippen LogP contribution in [-0.2, 0) is 4.79 Å². The number of rotatable bonds is 7. The first kappa shape index (κ1) is 14.2. The van der Waals surface area contributed by atoms with Gasteiger partial charge in [0.2, 0.25) is 5.91 Å². The van der Waals surface area contributed by atoms with Crippen LogP contribution < -0.4 is 16.0 Å². The van der Waals surface area contributed by atoms with Gasteiger partial charge in [0.15, 0.2) is 0 Å². The van der Waals surface area contributed by atoms with Crippen molar-refractivity contribution >= 4 is 17.6 Å². The first-order valence-corrected chi connectivity index (χ1v) is 6.82. The molecule has 1 aromatic heterocycles. The lowest BCUT2D eigenvalue weighted by atomic mass is 10.3. The van der Waals surface area contributed by atoms with Gasteiger partial charge in [0.05, 0.1) is 12.4 Å². The Labute approximate surface area is 117 Å². The van der Waals surface area contributed by atoms with Gasteiger partial charge in [-0.25, -0.2) is 9.97 Å². The highest BCUT2D eigenvalue weighted by atomic mass is 16.2. The fourth-order valence-corrected chi connectivity index (χ4v) is 1.63. The van der Waals surface area contributed by atoms with Gasteiger partial charge in [-0.15, -0.1) is 0 Å². The molecule has 0 aliphatic heterocycles. The topological polar surface area (TPSA) is 96.0 Å². The Hall–Kier alpha value is -2.18. The van der Waals surface area contributed by atoms with Crippen molar-refractivity contribution < 1.29 is 9.59 Å². The second-order valence-electron chi connectivity index (χ2n) is 4.66. The predicted octanol–water partition coefficient (Wildman–Crippen LogP) is 0.307. The summed E-state index contributed by atoms with van der Waals surface area (Å²) in [5.74, 6) is 0.286. The molecular weight excluding hydrogens is 258 g/mol. The van der Waals surface area contributed by atoms with Crippen LogP contribution in [0.3, 0.4) is 0 Å². The lowest BCUT2D eigenvalue weighted by Gasteiger charge is -2.06. The lowest BCUT2D eigenvalue weighted by Crippen LogP contribution is -2.32. The molecule has 7 nitrogen and oxygen atoms in total. The maximum atomic E-state index is 11.8. The molecule has 1 aromatic rings. The minimum Gasteiger partial charge on any atom is -0.369 e.